The molecule has 2 aromatic rings. The van der Waals surface area contributed by atoms with E-state index < -0.39 is 5.24 Å². The maximum atomic E-state index is 10.5. The molecule has 1 aromatic carbocycles. The van der Waals surface area contributed by atoms with Crippen molar-refractivity contribution < 1.29 is 13.9 Å². The zero-order valence-electron chi connectivity index (χ0n) is 8.57. The van der Waals surface area contributed by atoms with Crippen LogP contribution in [0, 0.1) is 0 Å². The van der Waals surface area contributed by atoms with Crippen LogP contribution in [0.3, 0.4) is 0 Å². The van der Waals surface area contributed by atoms with Crippen LogP contribution in [0.5, 0.6) is 5.75 Å². The van der Waals surface area contributed by atoms with Gasteiger partial charge in [-0.05, 0) is 35.9 Å². The van der Waals surface area contributed by atoms with Crippen molar-refractivity contribution in [1.82, 2.24) is 0 Å². The number of hydrogen-bond acceptors (Lipinski definition) is 3. The second kappa shape index (κ2) is 4.41. The molecule has 82 valence electrons. The number of carbonyl (C=O) groups excluding carboxylic acids is 1. The lowest BCUT2D eigenvalue weighted by molar-refractivity contribution is -0.107. The highest BCUT2D eigenvalue weighted by Crippen LogP contribution is 2.24. The maximum absolute atomic E-state index is 10.5. The van der Waals surface area contributed by atoms with Crippen LogP contribution in [0.2, 0.25) is 0 Å². The Morgan fingerprint density at radius 2 is 2.25 bits per heavy atom. The van der Waals surface area contributed by atoms with Crippen molar-refractivity contribution in [3.8, 4) is 5.75 Å². The first-order valence-corrected chi connectivity index (χ1v) is 5.02. The fourth-order valence-corrected chi connectivity index (χ4v) is 1.45. The summed E-state index contributed by atoms with van der Waals surface area (Å²) in [6, 6.07) is 7.34. The molecule has 0 aliphatic heterocycles. The van der Waals surface area contributed by atoms with Crippen molar-refractivity contribution >= 4 is 33.9 Å². The average Bonchev–Trinajstić information content (AvgIpc) is 2.67. The molecule has 3 nitrogen and oxygen atoms in total. The Morgan fingerprint density at radius 3 is 2.94 bits per heavy atom. The molecule has 0 unspecified atom stereocenters. The van der Waals surface area contributed by atoms with E-state index in [0.717, 1.165) is 11.1 Å². The Hall–Kier alpha value is -1.74. The Labute approximate surface area is 97.3 Å². The van der Waals surface area contributed by atoms with E-state index in [-0.39, 0.29) is 0 Å². The molecule has 0 aliphatic carbocycles. The SMILES string of the molecule is COc1ccc2cc(/C=C/C(=O)Cl)oc2c1. The van der Waals surface area contributed by atoms with Crippen LogP contribution in [0.1, 0.15) is 5.76 Å². The predicted molar refractivity (Wildman–Crippen MR) is 62.7 cm³/mol. The maximum Gasteiger partial charge on any atom is 0.245 e. The number of carbonyl (C=O) groups is 1. The predicted octanol–water partition coefficient (Wildman–Crippen LogP) is 3.22. The second-order valence-corrected chi connectivity index (χ2v) is 3.56. The third kappa shape index (κ3) is 2.25. The molecule has 1 aromatic heterocycles. The molecular weight excluding hydrogens is 228 g/mol. The van der Waals surface area contributed by atoms with E-state index in [2.05, 4.69) is 0 Å². The number of halogens is 1. The fourth-order valence-electron chi connectivity index (χ4n) is 1.39. The van der Waals surface area contributed by atoms with Gasteiger partial charge in [-0.1, -0.05) is 0 Å². The first-order valence-electron chi connectivity index (χ1n) is 4.64. The summed E-state index contributed by atoms with van der Waals surface area (Å²) in [5, 5.41) is 0.417. The third-order valence-corrected chi connectivity index (χ3v) is 2.25. The van der Waals surface area contributed by atoms with Crippen molar-refractivity contribution in [2.24, 2.45) is 0 Å². The Balaban J connectivity index is 2.40. The summed E-state index contributed by atoms with van der Waals surface area (Å²) in [5.74, 6) is 1.31. The van der Waals surface area contributed by atoms with E-state index in [1.54, 1.807) is 13.2 Å². The number of methoxy groups -OCH3 is 1. The summed E-state index contributed by atoms with van der Waals surface area (Å²) in [4.78, 5) is 10.5. The minimum atomic E-state index is -0.530. The van der Waals surface area contributed by atoms with Gasteiger partial charge in [-0.15, -0.1) is 0 Å². The number of rotatable bonds is 3. The molecule has 2 rings (SSSR count). The van der Waals surface area contributed by atoms with Crippen molar-refractivity contribution in [3.63, 3.8) is 0 Å². The lowest BCUT2D eigenvalue weighted by Gasteiger charge is -1.96. The van der Waals surface area contributed by atoms with Gasteiger partial charge in [0, 0.05) is 17.5 Å². The van der Waals surface area contributed by atoms with Gasteiger partial charge in [-0.25, -0.2) is 0 Å². The number of ether oxygens (including phenoxy) is 1. The smallest absolute Gasteiger partial charge is 0.245 e. The molecule has 0 spiro atoms. The summed E-state index contributed by atoms with van der Waals surface area (Å²) in [6.45, 7) is 0. The molecule has 0 amide bonds. The quantitative estimate of drug-likeness (QED) is 0.607. The number of hydrogen-bond donors (Lipinski definition) is 0. The monoisotopic (exact) mass is 236 g/mol. The highest BCUT2D eigenvalue weighted by molar-refractivity contribution is 6.66. The Kier molecular flexibility index (Phi) is 2.97. The molecule has 0 N–H and O–H groups in total. The molecule has 0 radical (unpaired) electrons. The minimum Gasteiger partial charge on any atom is -0.497 e. The summed E-state index contributed by atoms with van der Waals surface area (Å²) < 4.78 is 10.6. The molecule has 0 atom stereocenters. The normalized spacial score (nSPS) is 11.1. The molecule has 0 aliphatic rings. The summed E-state index contributed by atoms with van der Waals surface area (Å²) in [7, 11) is 1.59. The van der Waals surface area contributed by atoms with Gasteiger partial charge in [0.15, 0.2) is 0 Å². The van der Waals surface area contributed by atoms with E-state index in [0.29, 0.717) is 11.3 Å². The van der Waals surface area contributed by atoms with Gasteiger partial charge in [-0.2, -0.15) is 0 Å². The van der Waals surface area contributed by atoms with Crippen LogP contribution in [0.4, 0.5) is 0 Å². The Morgan fingerprint density at radius 1 is 1.44 bits per heavy atom. The average molecular weight is 237 g/mol. The molecule has 0 fully saturated rings. The van der Waals surface area contributed by atoms with E-state index in [4.69, 9.17) is 20.8 Å². The molecule has 4 heteroatoms. The standard InChI is InChI=1S/C12H9ClO3/c1-15-9-3-2-8-6-10(4-5-12(13)14)16-11(8)7-9/h2-7H,1H3/b5-4+. The molecule has 0 bridgehead atoms. The Bertz CT molecular complexity index is 554. The van der Waals surface area contributed by atoms with Crippen LogP contribution in [-0.2, 0) is 4.79 Å². The lowest BCUT2D eigenvalue weighted by Crippen LogP contribution is -1.79. The molecular formula is C12H9ClO3. The second-order valence-electron chi connectivity index (χ2n) is 3.19. The van der Waals surface area contributed by atoms with Crippen LogP contribution in [0.15, 0.2) is 34.8 Å². The van der Waals surface area contributed by atoms with Gasteiger partial charge in [0.2, 0.25) is 5.24 Å². The summed E-state index contributed by atoms with van der Waals surface area (Å²) >= 11 is 5.19. The van der Waals surface area contributed by atoms with Gasteiger partial charge in [-0.3, -0.25) is 4.79 Å². The van der Waals surface area contributed by atoms with Crippen LogP contribution >= 0.6 is 11.6 Å². The molecule has 1 heterocycles. The number of fused-ring (bicyclic) bond motifs is 1. The number of allylic oxidation sites excluding steroid dienone is 1. The van der Waals surface area contributed by atoms with Crippen LogP contribution in [0.25, 0.3) is 17.0 Å². The largest absolute Gasteiger partial charge is 0.497 e. The van der Waals surface area contributed by atoms with Gasteiger partial charge in [0.1, 0.15) is 17.1 Å². The molecule has 0 saturated heterocycles. The molecule has 0 saturated carbocycles. The first kappa shape index (κ1) is 10.8. The van der Waals surface area contributed by atoms with Crippen LogP contribution < -0.4 is 4.74 Å². The number of benzene rings is 1. The minimum absolute atomic E-state index is 0.530. The van der Waals surface area contributed by atoms with Gasteiger partial charge in [0.25, 0.3) is 0 Å². The van der Waals surface area contributed by atoms with Gasteiger partial charge in [0.05, 0.1) is 7.11 Å². The number of furan rings is 1. The van der Waals surface area contributed by atoms with Crippen LogP contribution in [-0.4, -0.2) is 12.4 Å². The third-order valence-electron chi connectivity index (χ3n) is 2.12. The fraction of sp³-hybridized carbons (Fsp3) is 0.0833. The van der Waals surface area contributed by atoms with Crippen molar-refractivity contribution in [3.05, 3.63) is 36.1 Å². The molecule has 16 heavy (non-hydrogen) atoms. The van der Waals surface area contributed by atoms with E-state index in [1.165, 1.54) is 12.2 Å². The van der Waals surface area contributed by atoms with E-state index >= 15 is 0 Å². The van der Waals surface area contributed by atoms with Gasteiger partial charge >= 0.3 is 0 Å². The highest BCUT2D eigenvalue weighted by atomic mass is 35.5. The zero-order valence-corrected chi connectivity index (χ0v) is 9.32. The van der Waals surface area contributed by atoms with Gasteiger partial charge < -0.3 is 9.15 Å². The topological polar surface area (TPSA) is 39.4 Å². The zero-order chi connectivity index (χ0) is 11.5. The summed E-state index contributed by atoms with van der Waals surface area (Å²) in [5.41, 5.74) is 0.709. The van der Waals surface area contributed by atoms with E-state index in [1.807, 2.05) is 18.2 Å². The van der Waals surface area contributed by atoms with E-state index in [9.17, 15) is 4.79 Å². The van der Waals surface area contributed by atoms with Crippen molar-refractivity contribution in [2.75, 3.05) is 7.11 Å². The highest BCUT2D eigenvalue weighted by Gasteiger charge is 2.02. The van der Waals surface area contributed by atoms with Crippen molar-refractivity contribution in [1.29, 1.82) is 0 Å². The summed E-state index contributed by atoms with van der Waals surface area (Å²) in [6.07, 6.45) is 2.78. The lowest BCUT2D eigenvalue weighted by atomic mass is 10.2. The first-order chi connectivity index (χ1) is 7.69. The van der Waals surface area contributed by atoms with Crippen molar-refractivity contribution in [2.45, 2.75) is 0 Å².